The topological polar surface area (TPSA) is 66.9 Å². The van der Waals surface area contributed by atoms with Crippen molar-refractivity contribution in [2.24, 2.45) is 0 Å². The minimum atomic E-state index is -0.336. The molecule has 0 aromatic carbocycles. The van der Waals surface area contributed by atoms with Crippen molar-refractivity contribution in [1.29, 1.82) is 0 Å². The van der Waals surface area contributed by atoms with Crippen LogP contribution in [0.2, 0.25) is 0 Å². The van der Waals surface area contributed by atoms with Crippen LogP contribution in [-0.4, -0.2) is 35.0 Å². The van der Waals surface area contributed by atoms with Gasteiger partial charge in [0, 0.05) is 25.6 Å². The number of aryl methyl sites for hydroxylation is 1. The van der Waals surface area contributed by atoms with E-state index in [9.17, 15) is 4.79 Å². The van der Waals surface area contributed by atoms with Crippen molar-refractivity contribution in [3.63, 3.8) is 0 Å². The molecule has 0 spiro atoms. The van der Waals surface area contributed by atoms with E-state index in [2.05, 4.69) is 20.6 Å². The van der Waals surface area contributed by atoms with E-state index >= 15 is 0 Å². The lowest BCUT2D eigenvalue weighted by atomic mass is 9.82. The lowest BCUT2D eigenvalue weighted by molar-refractivity contribution is -0.130. The van der Waals surface area contributed by atoms with Crippen LogP contribution in [0.15, 0.2) is 18.6 Å². The monoisotopic (exact) mass is 234 g/mol. The quantitative estimate of drug-likeness (QED) is 0.768. The van der Waals surface area contributed by atoms with E-state index in [1.54, 1.807) is 25.6 Å². The summed E-state index contributed by atoms with van der Waals surface area (Å²) in [5.41, 5.74) is 0.649. The summed E-state index contributed by atoms with van der Waals surface area (Å²) in [5.74, 6) is 0.0999. The Morgan fingerprint density at radius 1 is 1.59 bits per heavy atom. The van der Waals surface area contributed by atoms with Crippen molar-refractivity contribution in [3.8, 4) is 0 Å². The molecule has 17 heavy (non-hydrogen) atoms. The van der Waals surface area contributed by atoms with Crippen molar-refractivity contribution < 1.29 is 4.79 Å². The van der Waals surface area contributed by atoms with Crippen LogP contribution in [0.3, 0.4) is 0 Å². The van der Waals surface area contributed by atoms with Crippen LogP contribution >= 0.6 is 0 Å². The largest absolute Gasteiger partial charge is 0.358 e. The van der Waals surface area contributed by atoms with Crippen LogP contribution in [0.1, 0.15) is 25.0 Å². The zero-order valence-corrected chi connectivity index (χ0v) is 10.1. The Kier molecular flexibility index (Phi) is 3.68. The number of carbonyl (C=O) groups is 1. The highest BCUT2D eigenvalue weighted by Crippen LogP contribution is 2.25. The summed E-state index contributed by atoms with van der Waals surface area (Å²) in [6.07, 6.45) is 8.74. The molecular weight excluding hydrogens is 216 g/mol. The molecule has 0 bridgehead atoms. The maximum absolute atomic E-state index is 11.8. The Morgan fingerprint density at radius 3 is 2.94 bits per heavy atom. The van der Waals surface area contributed by atoms with Crippen molar-refractivity contribution in [2.45, 2.75) is 31.2 Å². The molecular formula is C12H18N4O. The van der Waals surface area contributed by atoms with E-state index < -0.39 is 0 Å². The Labute approximate surface area is 101 Å². The summed E-state index contributed by atoms with van der Waals surface area (Å²) >= 11 is 0. The fraction of sp³-hybridized carbons (Fsp3) is 0.583. The molecule has 5 nitrogen and oxygen atoms in total. The molecule has 1 amide bonds. The molecule has 1 aromatic rings. The van der Waals surface area contributed by atoms with Gasteiger partial charge >= 0.3 is 0 Å². The maximum atomic E-state index is 11.8. The van der Waals surface area contributed by atoms with Crippen molar-refractivity contribution in [2.75, 3.05) is 13.6 Å². The minimum Gasteiger partial charge on any atom is -0.358 e. The molecule has 5 heteroatoms. The molecule has 2 N–H and O–H groups in total. The maximum Gasteiger partial charge on any atom is 0.240 e. The first-order valence-electron chi connectivity index (χ1n) is 5.99. The first-order chi connectivity index (χ1) is 8.27. The number of amides is 1. The molecule has 1 atom stereocenters. The first kappa shape index (κ1) is 12.0. The molecule has 0 aliphatic carbocycles. The Balaban J connectivity index is 1.83. The van der Waals surface area contributed by atoms with Crippen LogP contribution in [0.4, 0.5) is 0 Å². The highest BCUT2D eigenvalue weighted by molar-refractivity contribution is 5.87. The Bertz CT molecular complexity index is 375. The third-order valence-electron chi connectivity index (χ3n) is 3.33. The van der Waals surface area contributed by atoms with Crippen LogP contribution in [0.5, 0.6) is 0 Å². The van der Waals surface area contributed by atoms with E-state index in [-0.39, 0.29) is 11.4 Å². The standard InChI is InChI=1S/C12H18N4O/c1-13-11(17)12(5-6-16-12)4-2-3-10-9-14-7-8-15-10/h7-9,16H,2-6H2,1H3,(H,13,17). The predicted molar refractivity (Wildman–Crippen MR) is 64.4 cm³/mol. The lowest BCUT2D eigenvalue weighted by Crippen LogP contribution is -2.65. The van der Waals surface area contributed by atoms with Crippen LogP contribution in [-0.2, 0) is 11.2 Å². The van der Waals surface area contributed by atoms with Gasteiger partial charge in [-0.15, -0.1) is 0 Å². The summed E-state index contributed by atoms with van der Waals surface area (Å²) < 4.78 is 0. The van der Waals surface area contributed by atoms with E-state index in [1.807, 2.05) is 0 Å². The molecule has 2 heterocycles. The van der Waals surface area contributed by atoms with Gasteiger partial charge in [-0.05, 0) is 32.2 Å². The zero-order valence-electron chi connectivity index (χ0n) is 10.1. The molecule has 0 saturated carbocycles. The second-order valence-electron chi connectivity index (χ2n) is 4.39. The summed E-state index contributed by atoms with van der Waals surface area (Å²) in [6, 6.07) is 0. The van der Waals surface area contributed by atoms with Crippen molar-refractivity contribution in [3.05, 3.63) is 24.3 Å². The SMILES string of the molecule is CNC(=O)C1(CCCc2cnccn2)CCN1. The second kappa shape index (κ2) is 5.23. The normalized spacial score (nSPS) is 22.9. The van der Waals surface area contributed by atoms with Gasteiger partial charge in [-0.2, -0.15) is 0 Å². The minimum absolute atomic E-state index is 0.0999. The van der Waals surface area contributed by atoms with Crippen LogP contribution in [0.25, 0.3) is 0 Å². The second-order valence-corrected chi connectivity index (χ2v) is 4.39. The summed E-state index contributed by atoms with van der Waals surface area (Å²) in [4.78, 5) is 20.0. The molecule has 1 saturated heterocycles. The molecule has 2 rings (SSSR count). The van der Waals surface area contributed by atoms with Crippen molar-refractivity contribution in [1.82, 2.24) is 20.6 Å². The smallest absolute Gasteiger partial charge is 0.240 e. The number of hydrogen-bond acceptors (Lipinski definition) is 4. The van der Waals surface area contributed by atoms with Crippen molar-refractivity contribution >= 4 is 5.91 Å². The number of carbonyl (C=O) groups excluding carboxylic acids is 1. The third-order valence-corrected chi connectivity index (χ3v) is 3.33. The molecule has 92 valence electrons. The highest BCUT2D eigenvalue weighted by Gasteiger charge is 2.42. The number of rotatable bonds is 5. The van der Waals surface area contributed by atoms with Crippen LogP contribution in [0, 0.1) is 0 Å². The average molecular weight is 234 g/mol. The number of nitrogens with one attached hydrogen (secondary N) is 2. The third kappa shape index (κ3) is 2.61. The van der Waals surface area contributed by atoms with Gasteiger partial charge in [0.05, 0.1) is 11.2 Å². The predicted octanol–water partition coefficient (Wildman–Crippen LogP) is 0.277. The van der Waals surface area contributed by atoms with Gasteiger partial charge in [0.2, 0.25) is 5.91 Å². The number of aromatic nitrogens is 2. The molecule has 0 radical (unpaired) electrons. The van der Waals surface area contributed by atoms with E-state index in [1.165, 1.54) is 0 Å². The average Bonchev–Trinajstić information content (AvgIpc) is 2.33. The first-order valence-corrected chi connectivity index (χ1v) is 5.99. The molecule has 1 aliphatic heterocycles. The number of nitrogens with zero attached hydrogens (tertiary/aromatic N) is 2. The highest BCUT2D eigenvalue weighted by atomic mass is 16.2. The molecule has 1 aromatic heterocycles. The fourth-order valence-corrected chi connectivity index (χ4v) is 2.22. The summed E-state index contributed by atoms with van der Waals surface area (Å²) in [6.45, 7) is 0.929. The fourth-order valence-electron chi connectivity index (χ4n) is 2.22. The van der Waals surface area contributed by atoms with Gasteiger partial charge in [0.15, 0.2) is 0 Å². The summed E-state index contributed by atoms with van der Waals surface area (Å²) in [7, 11) is 1.69. The van der Waals surface area contributed by atoms with E-state index in [4.69, 9.17) is 0 Å². The molecule has 1 aliphatic rings. The Hall–Kier alpha value is -1.49. The number of hydrogen-bond donors (Lipinski definition) is 2. The van der Waals surface area contributed by atoms with Gasteiger partial charge in [-0.25, -0.2) is 0 Å². The lowest BCUT2D eigenvalue weighted by Gasteiger charge is -2.41. The van der Waals surface area contributed by atoms with Crippen LogP contribution < -0.4 is 10.6 Å². The zero-order chi connectivity index (χ0) is 12.1. The van der Waals surface area contributed by atoms with E-state index in [0.29, 0.717) is 0 Å². The van der Waals surface area contributed by atoms with Gasteiger partial charge < -0.3 is 10.6 Å². The molecule has 1 unspecified atom stereocenters. The number of likely N-dealkylation sites (N-methyl/N-ethyl adjacent to an activating group) is 1. The Morgan fingerprint density at radius 2 is 2.41 bits per heavy atom. The van der Waals surface area contributed by atoms with Gasteiger partial charge in [-0.1, -0.05) is 0 Å². The van der Waals surface area contributed by atoms with Gasteiger partial charge in [0.25, 0.3) is 0 Å². The van der Waals surface area contributed by atoms with Gasteiger partial charge in [-0.3, -0.25) is 14.8 Å². The van der Waals surface area contributed by atoms with Gasteiger partial charge in [0.1, 0.15) is 0 Å². The molecule has 1 fully saturated rings. The van der Waals surface area contributed by atoms with E-state index in [0.717, 1.165) is 37.9 Å². The summed E-state index contributed by atoms with van der Waals surface area (Å²) in [5, 5.41) is 5.97.